The highest BCUT2D eigenvalue weighted by Gasteiger charge is 2.28. The van der Waals surface area contributed by atoms with Crippen molar-refractivity contribution in [2.24, 2.45) is 0 Å². The SMILES string of the molecule is COC(=O)c1c(N)c(C#N)cn1-c1c(F)c(F)cc(F)c1F. The normalized spacial score (nSPS) is 10.4. The summed E-state index contributed by atoms with van der Waals surface area (Å²) in [6, 6.07) is 1.60. The van der Waals surface area contributed by atoms with Crippen LogP contribution in [-0.2, 0) is 4.74 Å². The second-order valence-corrected chi connectivity index (χ2v) is 4.10. The van der Waals surface area contributed by atoms with Crippen LogP contribution < -0.4 is 5.73 Å². The van der Waals surface area contributed by atoms with Gasteiger partial charge in [0, 0.05) is 12.3 Å². The van der Waals surface area contributed by atoms with Gasteiger partial charge in [0.2, 0.25) is 0 Å². The highest BCUT2D eigenvalue weighted by molar-refractivity contribution is 5.96. The monoisotopic (exact) mass is 313 g/mol. The van der Waals surface area contributed by atoms with E-state index in [0.29, 0.717) is 4.57 Å². The molecule has 22 heavy (non-hydrogen) atoms. The molecule has 114 valence electrons. The molecule has 2 N–H and O–H groups in total. The number of anilines is 1. The van der Waals surface area contributed by atoms with Crippen LogP contribution in [0.5, 0.6) is 0 Å². The molecule has 1 aromatic heterocycles. The molecule has 0 spiro atoms. The van der Waals surface area contributed by atoms with Gasteiger partial charge in [-0.15, -0.1) is 0 Å². The largest absolute Gasteiger partial charge is 0.464 e. The molecule has 0 radical (unpaired) electrons. The van der Waals surface area contributed by atoms with Gasteiger partial charge >= 0.3 is 5.97 Å². The molecule has 9 heteroatoms. The number of halogens is 4. The number of nitrogens with two attached hydrogens (primary N) is 1. The van der Waals surface area contributed by atoms with Crippen LogP contribution in [0.4, 0.5) is 23.2 Å². The fourth-order valence-corrected chi connectivity index (χ4v) is 1.86. The number of aromatic nitrogens is 1. The van der Waals surface area contributed by atoms with Crippen LogP contribution in [0, 0.1) is 34.6 Å². The predicted octanol–water partition coefficient (Wildman–Crippen LogP) is 2.27. The lowest BCUT2D eigenvalue weighted by Gasteiger charge is -2.11. The summed E-state index contributed by atoms with van der Waals surface area (Å²) in [6.45, 7) is 0. The maximum Gasteiger partial charge on any atom is 0.357 e. The fraction of sp³-hybridized carbons (Fsp3) is 0.0769. The van der Waals surface area contributed by atoms with E-state index < -0.39 is 46.3 Å². The Morgan fingerprint density at radius 3 is 2.27 bits per heavy atom. The Morgan fingerprint density at radius 1 is 1.27 bits per heavy atom. The van der Waals surface area contributed by atoms with E-state index in [0.717, 1.165) is 13.3 Å². The van der Waals surface area contributed by atoms with E-state index in [1.807, 2.05) is 0 Å². The lowest BCUT2D eigenvalue weighted by molar-refractivity contribution is 0.0592. The zero-order chi connectivity index (χ0) is 16.6. The third-order valence-electron chi connectivity index (χ3n) is 2.87. The maximum absolute atomic E-state index is 13.8. The maximum atomic E-state index is 13.8. The number of ether oxygens (including phenoxy) is 1. The third-order valence-corrected chi connectivity index (χ3v) is 2.87. The molecular weight excluding hydrogens is 306 g/mol. The first-order valence-corrected chi connectivity index (χ1v) is 5.66. The lowest BCUT2D eigenvalue weighted by Crippen LogP contribution is -2.14. The molecule has 0 aliphatic carbocycles. The molecule has 2 aromatic rings. The number of esters is 1. The number of rotatable bonds is 2. The molecule has 0 fully saturated rings. The van der Waals surface area contributed by atoms with Crippen LogP contribution in [-0.4, -0.2) is 17.6 Å². The quantitative estimate of drug-likeness (QED) is 0.524. The molecule has 0 atom stereocenters. The summed E-state index contributed by atoms with van der Waals surface area (Å²) >= 11 is 0. The van der Waals surface area contributed by atoms with Crippen molar-refractivity contribution < 1.29 is 27.1 Å². The Labute approximate surface area is 121 Å². The van der Waals surface area contributed by atoms with Crippen molar-refractivity contribution in [3.8, 4) is 11.8 Å². The minimum Gasteiger partial charge on any atom is -0.464 e. The zero-order valence-corrected chi connectivity index (χ0v) is 11.0. The molecule has 0 bridgehead atoms. The number of carbonyl (C=O) groups is 1. The summed E-state index contributed by atoms with van der Waals surface area (Å²) in [6.07, 6.45) is 0.780. The van der Waals surface area contributed by atoms with Crippen molar-refractivity contribution in [1.82, 2.24) is 4.57 Å². The highest BCUT2D eigenvalue weighted by Crippen LogP contribution is 2.29. The van der Waals surface area contributed by atoms with Gasteiger partial charge in [0.25, 0.3) is 0 Å². The molecular formula is C13H7F4N3O2. The molecule has 1 heterocycles. The first-order valence-electron chi connectivity index (χ1n) is 5.66. The van der Waals surface area contributed by atoms with Crippen LogP contribution >= 0.6 is 0 Å². The second kappa shape index (κ2) is 5.40. The van der Waals surface area contributed by atoms with Gasteiger partial charge in [-0.1, -0.05) is 0 Å². The van der Waals surface area contributed by atoms with Crippen LogP contribution in [0.2, 0.25) is 0 Å². The first kappa shape index (κ1) is 15.4. The Balaban J connectivity index is 2.91. The molecule has 0 amide bonds. The van der Waals surface area contributed by atoms with Crippen LogP contribution in [0.1, 0.15) is 16.1 Å². The summed E-state index contributed by atoms with van der Waals surface area (Å²) in [5, 5.41) is 8.87. The van der Waals surface area contributed by atoms with Crippen molar-refractivity contribution in [3.63, 3.8) is 0 Å². The molecule has 2 rings (SSSR count). The average Bonchev–Trinajstić information content (AvgIpc) is 2.81. The van der Waals surface area contributed by atoms with Gasteiger partial charge < -0.3 is 15.0 Å². The van der Waals surface area contributed by atoms with E-state index in [1.54, 1.807) is 6.07 Å². The zero-order valence-electron chi connectivity index (χ0n) is 11.0. The summed E-state index contributed by atoms with van der Waals surface area (Å²) < 4.78 is 59.1. The minimum atomic E-state index is -1.75. The third kappa shape index (κ3) is 2.14. The van der Waals surface area contributed by atoms with Crippen LogP contribution in [0.25, 0.3) is 5.69 Å². The van der Waals surface area contributed by atoms with E-state index in [-0.39, 0.29) is 11.6 Å². The van der Waals surface area contributed by atoms with Crippen molar-refractivity contribution >= 4 is 11.7 Å². The van der Waals surface area contributed by atoms with E-state index in [9.17, 15) is 22.4 Å². The number of methoxy groups -OCH3 is 1. The smallest absolute Gasteiger partial charge is 0.357 e. The van der Waals surface area contributed by atoms with Crippen molar-refractivity contribution in [3.05, 3.63) is 46.8 Å². The number of nitrogen functional groups attached to an aromatic ring is 1. The topological polar surface area (TPSA) is 81.0 Å². The molecule has 0 aliphatic heterocycles. The standard InChI is InChI=1S/C13H7F4N3O2/c1-22-13(21)12-10(19)5(3-18)4-20(12)11-8(16)6(14)2-7(15)9(11)17/h2,4H,19H2,1H3. The Morgan fingerprint density at radius 2 is 1.82 bits per heavy atom. The Kier molecular flexibility index (Phi) is 3.77. The molecule has 5 nitrogen and oxygen atoms in total. The van der Waals surface area contributed by atoms with Gasteiger partial charge in [0.1, 0.15) is 11.8 Å². The molecule has 0 saturated heterocycles. The van der Waals surface area contributed by atoms with E-state index in [2.05, 4.69) is 4.74 Å². The molecule has 0 aliphatic rings. The fourth-order valence-electron chi connectivity index (χ4n) is 1.86. The Hall–Kier alpha value is -3.02. The molecule has 1 aromatic carbocycles. The summed E-state index contributed by atoms with van der Waals surface area (Å²) in [4.78, 5) is 11.7. The van der Waals surface area contributed by atoms with Gasteiger partial charge in [-0.05, 0) is 0 Å². The van der Waals surface area contributed by atoms with E-state index >= 15 is 0 Å². The van der Waals surface area contributed by atoms with E-state index in [4.69, 9.17) is 11.0 Å². The summed E-state index contributed by atoms with van der Waals surface area (Å²) in [5.74, 6) is -7.97. The number of nitriles is 1. The highest BCUT2D eigenvalue weighted by atomic mass is 19.2. The molecule has 0 unspecified atom stereocenters. The van der Waals surface area contributed by atoms with Crippen LogP contribution in [0.15, 0.2) is 12.3 Å². The van der Waals surface area contributed by atoms with Gasteiger partial charge in [0.15, 0.2) is 29.0 Å². The van der Waals surface area contributed by atoms with Gasteiger partial charge in [-0.3, -0.25) is 0 Å². The number of hydrogen-bond acceptors (Lipinski definition) is 4. The second-order valence-electron chi connectivity index (χ2n) is 4.10. The van der Waals surface area contributed by atoms with E-state index in [1.165, 1.54) is 0 Å². The average molecular weight is 313 g/mol. The lowest BCUT2D eigenvalue weighted by atomic mass is 10.2. The first-order chi connectivity index (χ1) is 10.3. The van der Waals surface area contributed by atoms with Crippen molar-refractivity contribution in [2.75, 3.05) is 12.8 Å². The predicted molar refractivity (Wildman–Crippen MR) is 66.1 cm³/mol. The van der Waals surface area contributed by atoms with Crippen molar-refractivity contribution in [1.29, 1.82) is 5.26 Å². The number of nitrogens with zero attached hydrogens (tertiary/aromatic N) is 2. The number of hydrogen-bond donors (Lipinski definition) is 1. The Bertz CT molecular complexity index is 798. The summed E-state index contributed by atoms with van der Waals surface area (Å²) in [5.41, 5.74) is 2.94. The van der Waals surface area contributed by atoms with Gasteiger partial charge in [0.05, 0.1) is 18.4 Å². The number of benzene rings is 1. The van der Waals surface area contributed by atoms with Gasteiger partial charge in [-0.2, -0.15) is 5.26 Å². The molecule has 0 saturated carbocycles. The van der Waals surface area contributed by atoms with Crippen molar-refractivity contribution in [2.45, 2.75) is 0 Å². The minimum absolute atomic E-state index is 0.0179. The number of carbonyl (C=O) groups excluding carboxylic acids is 1. The van der Waals surface area contributed by atoms with Crippen LogP contribution in [0.3, 0.4) is 0 Å². The van der Waals surface area contributed by atoms with Gasteiger partial charge in [-0.25, -0.2) is 22.4 Å². The summed E-state index contributed by atoms with van der Waals surface area (Å²) in [7, 11) is 0.962.